The summed E-state index contributed by atoms with van der Waals surface area (Å²) in [6, 6.07) is 14.3. The lowest BCUT2D eigenvalue weighted by Crippen LogP contribution is -2.02. The molecule has 0 aliphatic rings. The number of rotatable bonds is 6. The van der Waals surface area contributed by atoms with Gasteiger partial charge < -0.3 is 4.74 Å². The number of hydrogen-bond donors (Lipinski definition) is 0. The highest BCUT2D eigenvalue weighted by atomic mass is 16.5. The summed E-state index contributed by atoms with van der Waals surface area (Å²) in [5.41, 5.74) is 0. The molecule has 0 fully saturated rings. The van der Waals surface area contributed by atoms with E-state index in [1.165, 1.54) is 10.8 Å². The van der Waals surface area contributed by atoms with Crippen molar-refractivity contribution in [1.29, 1.82) is 0 Å². The molecule has 2 aromatic rings. The van der Waals surface area contributed by atoms with Gasteiger partial charge in [-0.3, -0.25) is 4.79 Å². The van der Waals surface area contributed by atoms with Gasteiger partial charge in [0.15, 0.2) is 0 Å². The van der Waals surface area contributed by atoms with Crippen LogP contribution >= 0.6 is 0 Å². The van der Waals surface area contributed by atoms with Crippen molar-refractivity contribution in [2.45, 2.75) is 26.2 Å². The van der Waals surface area contributed by atoms with E-state index in [1.807, 2.05) is 31.2 Å². The van der Waals surface area contributed by atoms with Gasteiger partial charge in [-0.2, -0.15) is 0 Å². The number of carbonyl (C=O) groups is 1. The second-order valence-corrected chi connectivity index (χ2v) is 4.35. The summed E-state index contributed by atoms with van der Waals surface area (Å²) in [4.78, 5) is 11.1. The zero-order valence-corrected chi connectivity index (χ0v) is 10.7. The molecule has 0 unspecified atom stereocenters. The molecule has 2 nitrogen and oxygen atoms in total. The molecule has 0 aliphatic carbocycles. The normalized spacial score (nSPS) is 10.5. The minimum absolute atomic E-state index is 0.303. The fourth-order valence-corrected chi connectivity index (χ4v) is 1.89. The molecule has 2 aromatic carbocycles. The maximum Gasteiger partial charge on any atom is 0.132 e. The smallest absolute Gasteiger partial charge is 0.132 e. The van der Waals surface area contributed by atoms with Crippen LogP contribution in [0.3, 0.4) is 0 Å². The first-order valence-electron chi connectivity index (χ1n) is 6.43. The van der Waals surface area contributed by atoms with Crippen LogP contribution in [0.15, 0.2) is 42.5 Å². The van der Waals surface area contributed by atoms with Crippen molar-refractivity contribution in [2.75, 3.05) is 6.61 Å². The number of ether oxygens (including phenoxy) is 1. The third-order valence-corrected chi connectivity index (χ3v) is 2.98. The van der Waals surface area contributed by atoms with Gasteiger partial charge in [0, 0.05) is 12.8 Å². The Bertz CT molecular complexity index is 531. The van der Waals surface area contributed by atoms with Gasteiger partial charge in [-0.15, -0.1) is 0 Å². The Morgan fingerprint density at radius 3 is 2.67 bits per heavy atom. The predicted molar refractivity (Wildman–Crippen MR) is 74.0 cm³/mol. The van der Waals surface area contributed by atoms with E-state index in [0.717, 1.165) is 12.2 Å². The molecule has 0 saturated heterocycles. The zero-order valence-electron chi connectivity index (χ0n) is 10.7. The van der Waals surface area contributed by atoms with Crippen molar-refractivity contribution < 1.29 is 9.53 Å². The highest BCUT2D eigenvalue weighted by Gasteiger charge is 2.00. The fraction of sp³-hybridized carbons (Fsp3) is 0.312. The summed E-state index contributed by atoms with van der Waals surface area (Å²) in [7, 11) is 0. The predicted octanol–water partition coefficient (Wildman–Crippen LogP) is 3.98. The van der Waals surface area contributed by atoms with Crippen LogP contribution in [0, 0.1) is 0 Å². The standard InChI is InChI=1S/C16H18O2/c1-2-15(17)8-5-11-18-16-10-9-13-6-3-4-7-14(13)12-16/h3-4,6-7,9-10,12H,2,5,8,11H2,1H3. The van der Waals surface area contributed by atoms with Gasteiger partial charge in [-0.1, -0.05) is 37.3 Å². The summed E-state index contributed by atoms with van der Waals surface area (Å²) >= 11 is 0. The lowest BCUT2D eigenvalue weighted by atomic mass is 10.1. The van der Waals surface area contributed by atoms with Crippen LogP contribution in [0.25, 0.3) is 10.8 Å². The third kappa shape index (κ3) is 3.33. The topological polar surface area (TPSA) is 26.3 Å². The molecule has 0 aliphatic heterocycles. The summed E-state index contributed by atoms with van der Waals surface area (Å²) in [5, 5.41) is 2.39. The highest BCUT2D eigenvalue weighted by Crippen LogP contribution is 2.20. The maximum absolute atomic E-state index is 11.1. The first-order valence-corrected chi connectivity index (χ1v) is 6.43. The van der Waals surface area contributed by atoms with Crippen LogP contribution in [0.4, 0.5) is 0 Å². The van der Waals surface area contributed by atoms with Gasteiger partial charge in [0.25, 0.3) is 0 Å². The lowest BCUT2D eigenvalue weighted by Gasteiger charge is -2.06. The molecule has 0 bridgehead atoms. The summed E-state index contributed by atoms with van der Waals surface area (Å²) in [6.45, 7) is 2.50. The van der Waals surface area contributed by atoms with Gasteiger partial charge in [-0.25, -0.2) is 0 Å². The zero-order chi connectivity index (χ0) is 12.8. The van der Waals surface area contributed by atoms with E-state index in [4.69, 9.17) is 4.74 Å². The van der Waals surface area contributed by atoms with Crippen LogP contribution in [0.5, 0.6) is 5.75 Å². The summed E-state index contributed by atoms with van der Waals surface area (Å²) < 4.78 is 5.66. The van der Waals surface area contributed by atoms with Crippen molar-refractivity contribution >= 4 is 16.6 Å². The SMILES string of the molecule is CCC(=O)CCCOc1ccc2ccccc2c1. The number of fused-ring (bicyclic) bond motifs is 1. The summed E-state index contributed by atoms with van der Waals surface area (Å²) in [5.74, 6) is 1.18. The molecule has 0 N–H and O–H groups in total. The van der Waals surface area contributed by atoms with Gasteiger partial charge in [0.05, 0.1) is 6.61 Å². The van der Waals surface area contributed by atoms with E-state index in [1.54, 1.807) is 0 Å². The van der Waals surface area contributed by atoms with E-state index in [-0.39, 0.29) is 0 Å². The Balaban J connectivity index is 1.90. The number of carbonyl (C=O) groups excluding carboxylic acids is 1. The Hall–Kier alpha value is -1.83. The third-order valence-electron chi connectivity index (χ3n) is 2.98. The minimum atomic E-state index is 0.303. The van der Waals surface area contributed by atoms with Crippen LogP contribution < -0.4 is 4.74 Å². The quantitative estimate of drug-likeness (QED) is 0.716. The van der Waals surface area contributed by atoms with Gasteiger partial charge >= 0.3 is 0 Å². The molecular formula is C16H18O2. The number of benzene rings is 2. The lowest BCUT2D eigenvalue weighted by molar-refractivity contribution is -0.118. The average Bonchev–Trinajstić information content (AvgIpc) is 2.43. The monoisotopic (exact) mass is 242 g/mol. The van der Waals surface area contributed by atoms with Crippen molar-refractivity contribution in [3.05, 3.63) is 42.5 Å². The largest absolute Gasteiger partial charge is 0.494 e. The Morgan fingerprint density at radius 2 is 1.89 bits per heavy atom. The van der Waals surface area contributed by atoms with Crippen LogP contribution in [0.2, 0.25) is 0 Å². The molecule has 0 heterocycles. The molecule has 2 rings (SSSR count). The minimum Gasteiger partial charge on any atom is -0.494 e. The first-order chi connectivity index (χ1) is 8.79. The van der Waals surface area contributed by atoms with Crippen molar-refractivity contribution in [1.82, 2.24) is 0 Å². The molecule has 94 valence electrons. The van der Waals surface area contributed by atoms with Crippen LogP contribution in [0.1, 0.15) is 26.2 Å². The van der Waals surface area contributed by atoms with E-state index in [0.29, 0.717) is 25.2 Å². The second kappa shape index (κ2) is 6.20. The highest BCUT2D eigenvalue weighted by molar-refractivity contribution is 5.83. The Kier molecular flexibility index (Phi) is 4.35. The van der Waals surface area contributed by atoms with E-state index >= 15 is 0 Å². The van der Waals surface area contributed by atoms with E-state index < -0.39 is 0 Å². The molecule has 0 spiro atoms. The maximum atomic E-state index is 11.1. The average molecular weight is 242 g/mol. The van der Waals surface area contributed by atoms with Gasteiger partial charge in [0.2, 0.25) is 0 Å². The fourth-order valence-electron chi connectivity index (χ4n) is 1.89. The first kappa shape index (κ1) is 12.6. The van der Waals surface area contributed by atoms with Gasteiger partial charge in [0.1, 0.15) is 11.5 Å². The number of hydrogen-bond acceptors (Lipinski definition) is 2. The van der Waals surface area contributed by atoms with E-state index in [9.17, 15) is 4.79 Å². The molecule has 0 radical (unpaired) electrons. The van der Waals surface area contributed by atoms with Crippen LogP contribution in [-0.2, 0) is 4.79 Å². The number of Topliss-reactive ketones (excluding diaryl/α,β-unsaturated/α-hetero) is 1. The van der Waals surface area contributed by atoms with Crippen LogP contribution in [-0.4, -0.2) is 12.4 Å². The van der Waals surface area contributed by atoms with E-state index in [2.05, 4.69) is 18.2 Å². The molecular weight excluding hydrogens is 224 g/mol. The van der Waals surface area contributed by atoms with Crippen molar-refractivity contribution in [2.24, 2.45) is 0 Å². The Morgan fingerprint density at radius 1 is 1.11 bits per heavy atom. The molecule has 0 amide bonds. The molecule has 18 heavy (non-hydrogen) atoms. The molecule has 0 aromatic heterocycles. The summed E-state index contributed by atoms with van der Waals surface area (Å²) in [6.07, 6.45) is 2.03. The second-order valence-electron chi connectivity index (χ2n) is 4.35. The van der Waals surface area contributed by atoms with Crippen molar-refractivity contribution in [3.63, 3.8) is 0 Å². The van der Waals surface area contributed by atoms with Gasteiger partial charge in [-0.05, 0) is 29.3 Å². The molecule has 2 heteroatoms. The Labute approximate surface area is 108 Å². The molecule has 0 saturated carbocycles. The molecule has 0 atom stereocenters. The van der Waals surface area contributed by atoms with Crippen molar-refractivity contribution in [3.8, 4) is 5.75 Å². The number of ketones is 1.